The monoisotopic (exact) mass is 912 g/mol. The lowest BCUT2D eigenvalue weighted by Gasteiger charge is -2.48. The van der Waals surface area contributed by atoms with Gasteiger partial charge in [-0.05, 0) is 0 Å². The summed E-state index contributed by atoms with van der Waals surface area (Å²) in [6.07, 6.45) is -40.0. The van der Waals surface area contributed by atoms with Crippen LogP contribution in [0.5, 0.6) is 0 Å². The van der Waals surface area contributed by atoms with E-state index in [0.717, 1.165) is 13.8 Å². The Morgan fingerprint density at radius 2 is 0.903 bits per heavy atom. The van der Waals surface area contributed by atoms with Gasteiger partial charge in [0.05, 0.1) is 39.6 Å². The number of nitrogens with one attached hydrogen (secondary N) is 2. The van der Waals surface area contributed by atoms with Crippen LogP contribution in [0.15, 0.2) is 0 Å². The van der Waals surface area contributed by atoms with Gasteiger partial charge in [0.25, 0.3) is 0 Å². The van der Waals surface area contributed by atoms with Crippen molar-refractivity contribution in [2.45, 2.75) is 161 Å². The fraction of sp³-hybridized carbons (Fsp3) is 0.941. The van der Waals surface area contributed by atoms with Crippen molar-refractivity contribution in [3.05, 3.63) is 0 Å². The van der Waals surface area contributed by atoms with E-state index in [1.54, 1.807) is 0 Å². The third kappa shape index (κ3) is 12.1. The number of hydrogen-bond donors (Lipinski definition) is 18. The van der Waals surface area contributed by atoms with Crippen molar-refractivity contribution >= 4 is 11.8 Å². The van der Waals surface area contributed by atoms with Crippen molar-refractivity contribution in [2.75, 3.05) is 39.6 Å². The number of ether oxygens (including phenoxy) is 8. The Labute approximate surface area is 352 Å². The number of carbonyl (C=O) groups is 2. The first-order valence-corrected chi connectivity index (χ1v) is 19.5. The molecule has 28 heteroatoms. The summed E-state index contributed by atoms with van der Waals surface area (Å²) >= 11 is 0. The van der Waals surface area contributed by atoms with E-state index in [1.807, 2.05) is 0 Å². The topological polar surface area (TPSA) is 456 Å². The van der Waals surface area contributed by atoms with Crippen molar-refractivity contribution in [3.8, 4) is 0 Å². The molecule has 62 heavy (non-hydrogen) atoms. The number of aliphatic hydroxyl groups is 16. The summed E-state index contributed by atoms with van der Waals surface area (Å²) in [7, 11) is 0. The molecule has 0 spiro atoms. The van der Waals surface area contributed by atoms with Crippen molar-refractivity contribution in [2.24, 2.45) is 0 Å². The van der Waals surface area contributed by atoms with Gasteiger partial charge in [0.15, 0.2) is 25.2 Å². The third-order valence-electron chi connectivity index (χ3n) is 10.8. The zero-order valence-electron chi connectivity index (χ0n) is 33.3. The molecule has 4 rings (SSSR count). The highest BCUT2D eigenvalue weighted by Gasteiger charge is 2.54. The number of hydrogen-bond acceptors (Lipinski definition) is 26. The molecule has 0 aromatic carbocycles. The van der Waals surface area contributed by atoms with E-state index in [1.165, 1.54) is 0 Å². The lowest BCUT2D eigenvalue weighted by molar-refractivity contribution is -0.354. The van der Waals surface area contributed by atoms with Crippen molar-refractivity contribution in [3.63, 3.8) is 0 Å². The maximum Gasteiger partial charge on any atom is 0.217 e. The molecule has 2 amide bonds. The van der Waals surface area contributed by atoms with Gasteiger partial charge in [0.1, 0.15) is 122 Å². The molecule has 0 radical (unpaired) electrons. The predicted molar refractivity (Wildman–Crippen MR) is 192 cm³/mol. The van der Waals surface area contributed by atoms with Gasteiger partial charge in [0.2, 0.25) is 11.8 Å². The minimum Gasteiger partial charge on any atom is -0.394 e. The quantitative estimate of drug-likeness (QED) is 0.0572. The van der Waals surface area contributed by atoms with E-state index in [-0.39, 0.29) is 0 Å². The molecule has 4 saturated heterocycles. The largest absolute Gasteiger partial charge is 0.394 e. The van der Waals surface area contributed by atoms with Crippen molar-refractivity contribution in [1.29, 1.82) is 0 Å². The zero-order valence-corrected chi connectivity index (χ0v) is 33.3. The molecule has 24 atom stereocenters. The van der Waals surface area contributed by atoms with Gasteiger partial charge in [-0.2, -0.15) is 0 Å². The maximum atomic E-state index is 12.2. The van der Waals surface area contributed by atoms with Crippen molar-refractivity contribution < 1.29 is 129 Å². The van der Waals surface area contributed by atoms with Crippen LogP contribution in [0.1, 0.15) is 13.8 Å². The third-order valence-corrected chi connectivity index (χ3v) is 10.8. The molecular weight excluding hydrogens is 852 g/mol. The molecule has 4 heterocycles. The SMILES string of the molecule is CC(=O)N[C@H]1[C@H](OC[C@@H](O)[C@H](O)[C@H](O)[C@H](CO)O[C@@H]2O[C@H](CO)[C@@H](O[C@@H]3O[C@H](CO)[C@H](O)[C@H](O)[C@H]3O)[C@H](O)[C@H]2NC(C)=O)O[C@H](CO)[C@@H](O[C@@H]2O[C@H](CO)[C@H](O)[C@H](O)[C@H]2O)[C@@H]1O. The van der Waals surface area contributed by atoms with Crippen LogP contribution in [-0.4, -0.2) is 280 Å². The molecule has 28 nitrogen and oxygen atoms in total. The molecule has 4 fully saturated rings. The number of rotatable bonds is 19. The first-order chi connectivity index (χ1) is 29.2. The average Bonchev–Trinajstić information content (AvgIpc) is 3.24. The zero-order chi connectivity index (χ0) is 46.3. The fourth-order valence-corrected chi connectivity index (χ4v) is 7.32. The van der Waals surface area contributed by atoms with Gasteiger partial charge >= 0.3 is 0 Å². The second kappa shape index (κ2) is 23.4. The van der Waals surface area contributed by atoms with E-state index in [2.05, 4.69) is 10.6 Å². The normalized spacial score (nSPS) is 43.6. The van der Waals surface area contributed by atoms with Gasteiger partial charge < -0.3 is 130 Å². The fourth-order valence-electron chi connectivity index (χ4n) is 7.32. The van der Waals surface area contributed by atoms with E-state index < -0.39 is 199 Å². The van der Waals surface area contributed by atoms with Gasteiger partial charge in [-0.25, -0.2) is 0 Å². The highest BCUT2D eigenvalue weighted by Crippen LogP contribution is 2.32. The first kappa shape index (κ1) is 52.6. The van der Waals surface area contributed by atoms with E-state index in [4.69, 9.17) is 37.9 Å². The van der Waals surface area contributed by atoms with Crippen LogP contribution in [0.2, 0.25) is 0 Å². The Bertz CT molecular complexity index is 1390. The highest BCUT2D eigenvalue weighted by atomic mass is 16.8. The van der Waals surface area contributed by atoms with Crippen LogP contribution in [0.25, 0.3) is 0 Å². The summed E-state index contributed by atoms with van der Waals surface area (Å²) in [4.78, 5) is 24.3. The summed E-state index contributed by atoms with van der Waals surface area (Å²) in [5.74, 6) is -1.56. The molecule has 4 aliphatic heterocycles. The van der Waals surface area contributed by atoms with Crippen LogP contribution < -0.4 is 10.6 Å². The molecule has 0 unspecified atom stereocenters. The van der Waals surface area contributed by atoms with Crippen LogP contribution in [0.3, 0.4) is 0 Å². The molecule has 0 saturated carbocycles. The smallest absolute Gasteiger partial charge is 0.217 e. The lowest BCUT2D eigenvalue weighted by atomic mass is 9.95. The molecule has 0 aromatic heterocycles. The molecule has 4 aliphatic rings. The summed E-state index contributed by atoms with van der Waals surface area (Å²) < 4.78 is 44.4. The van der Waals surface area contributed by atoms with Crippen LogP contribution in [0.4, 0.5) is 0 Å². The lowest BCUT2D eigenvalue weighted by Crippen LogP contribution is -2.68. The second-order valence-electron chi connectivity index (χ2n) is 15.2. The van der Waals surface area contributed by atoms with Gasteiger partial charge in [-0.15, -0.1) is 0 Å². The van der Waals surface area contributed by atoms with Gasteiger partial charge in [-0.3, -0.25) is 9.59 Å². The summed E-state index contributed by atoms with van der Waals surface area (Å²) in [5, 5.41) is 171. The van der Waals surface area contributed by atoms with Crippen LogP contribution >= 0.6 is 0 Å². The van der Waals surface area contributed by atoms with Crippen LogP contribution in [-0.2, 0) is 47.5 Å². The van der Waals surface area contributed by atoms with Gasteiger partial charge in [0, 0.05) is 13.8 Å². The summed E-state index contributed by atoms with van der Waals surface area (Å²) in [5.41, 5.74) is 0. The maximum absolute atomic E-state index is 12.2. The van der Waals surface area contributed by atoms with Gasteiger partial charge in [-0.1, -0.05) is 0 Å². The Balaban J connectivity index is 1.44. The number of carbonyl (C=O) groups excluding carboxylic acids is 2. The van der Waals surface area contributed by atoms with E-state index in [0.29, 0.717) is 0 Å². The molecule has 0 bridgehead atoms. The number of amides is 2. The molecular formula is C34H60N2O26. The Kier molecular flexibility index (Phi) is 19.9. The molecule has 18 N–H and O–H groups in total. The molecule has 0 aromatic rings. The minimum absolute atomic E-state index is 0.762. The average molecular weight is 913 g/mol. The van der Waals surface area contributed by atoms with E-state index >= 15 is 0 Å². The molecule has 362 valence electrons. The first-order valence-electron chi connectivity index (χ1n) is 19.5. The van der Waals surface area contributed by atoms with E-state index in [9.17, 15) is 91.3 Å². The highest BCUT2D eigenvalue weighted by molar-refractivity contribution is 5.73. The second-order valence-corrected chi connectivity index (χ2v) is 15.2. The Morgan fingerprint density at radius 1 is 0.516 bits per heavy atom. The minimum atomic E-state index is -2.26. The van der Waals surface area contributed by atoms with Crippen LogP contribution in [0, 0.1) is 0 Å². The Morgan fingerprint density at radius 3 is 1.29 bits per heavy atom. The standard InChI is InChI=1S/C34H60N2O26/c1-9(42)35-17-23(49)29(61-33-27(53)25(51)21(47)13(4-38)57-33)15(6-40)59-31(17)55-8-11(44)19(45)20(46)12(3-37)56-32-18(36-10(2)43)24(50)30(16(7-41)60-32)62-34-28(54)26(52)22(48)14(5-39)58-34/h11-34,37-41,44-54H,3-8H2,1-2H3,(H,35,42)(H,36,43)/t11-,12+,13-,14-,15-,16-,17-,18-,19+,20-,21+,22+,23-,24-,25+,26+,27-,28-,29-,30-,31-,32-,33+,34+/m1/s1. The van der Waals surface area contributed by atoms with Crippen molar-refractivity contribution in [1.82, 2.24) is 10.6 Å². The predicted octanol–water partition coefficient (Wildman–Crippen LogP) is -12.0. The summed E-state index contributed by atoms with van der Waals surface area (Å²) in [6.45, 7) is -3.53. The molecule has 0 aliphatic carbocycles. The Hall–Kier alpha value is -2.02. The number of aliphatic hydroxyl groups excluding tert-OH is 16. The summed E-state index contributed by atoms with van der Waals surface area (Å²) in [6, 6.07) is -3.24.